The number of furan rings is 1. The summed E-state index contributed by atoms with van der Waals surface area (Å²) in [5.41, 5.74) is 3.77. The molecule has 0 fully saturated rings. The fourth-order valence-electron chi connectivity index (χ4n) is 3.69. The van der Waals surface area contributed by atoms with Crippen molar-refractivity contribution in [3.63, 3.8) is 0 Å². The van der Waals surface area contributed by atoms with Crippen molar-refractivity contribution < 1.29 is 18.3 Å². The Kier molecular flexibility index (Phi) is 7.40. The van der Waals surface area contributed by atoms with Gasteiger partial charge in [0.15, 0.2) is 5.76 Å². The molecule has 5 nitrogen and oxygen atoms in total. The van der Waals surface area contributed by atoms with E-state index in [-0.39, 0.29) is 17.5 Å². The molecular weight excluding hydrogens is 431 g/mol. The Morgan fingerprint density at radius 2 is 1.65 bits per heavy atom. The van der Waals surface area contributed by atoms with Crippen LogP contribution >= 0.6 is 0 Å². The number of aryl methyl sites for hydroxylation is 1. The fourth-order valence-corrected chi connectivity index (χ4v) is 3.69. The highest BCUT2D eigenvalue weighted by Gasteiger charge is 2.15. The van der Waals surface area contributed by atoms with E-state index in [4.69, 9.17) is 9.15 Å². The third-order valence-electron chi connectivity index (χ3n) is 5.43. The van der Waals surface area contributed by atoms with Crippen molar-refractivity contribution >= 4 is 11.6 Å². The predicted octanol–water partition coefficient (Wildman–Crippen LogP) is 6.19. The van der Waals surface area contributed by atoms with Gasteiger partial charge in [0.2, 0.25) is 0 Å². The number of halogens is 1. The largest absolute Gasteiger partial charge is 0.497 e. The standard InChI is InChI=1S/C28H27FN2O3/c1-20-6-10-24(11-7-20)30-28(32)27-15-14-26(34-27)19-31(18-22-4-3-5-23(29)16-22)17-21-8-12-25(33-2)13-9-21/h3-16H,17-19H2,1-2H3,(H,30,32). The van der Waals surface area contributed by atoms with E-state index in [1.807, 2.05) is 61.5 Å². The van der Waals surface area contributed by atoms with Crippen LogP contribution < -0.4 is 10.1 Å². The van der Waals surface area contributed by atoms with Crippen molar-refractivity contribution in [1.82, 2.24) is 4.90 Å². The van der Waals surface area contributed by atoms with Crippen molar-refractivity contribution in [1.29, 1.82) is 0 Å². The van der Waals surface area contributed by atoms with Crippen molar-refractivity contribution in [2.24, 2.45) is 0 Å². The first kappa shape index (κ1) is 23.3. The summed E-state index contributed by atoms with van der Waals surface area (Å²) in [6.07, 6.45) is 0. The lowest BCUT2D eigenvalue weighted by molar-refractivity contribution is 0.0992. The molecule has 1 N–H and O–H groups in total. The first-order valence-electron chi connectivity index (χ1n) is 11.0. The number of rotatable bonds is 9. The molecule has 4 rings (SSSR count). The normalized spacial score (nSPS) is 10.9. The predicted molar refractivity (Wildman–Crippen MR) is 130 cm³/mol. The van der Waals surface area contributed by atoms with Crippen LogP contribution in [0.2, 0.25) is 0 Å². The second-order valence-electron chi connectivity index (χ2n) is 8.21. The maximum atomic E-state index is 13.8. The van der Waals surface area contributed by atoms with E-state index in [1.54, 1.807) is 25.3 Å². The van der Waals surface area contributed by atoms with E-state index in [0.717, 1.165) is 22.4 Å². The maximum absolute atomic E-state index is 13.8. The number of amides is 1. The summed E-state index contributed by atoms with van der Waals surface area (Å²) in [5.74, 6) is 1.11. The summed E-state index contributed by atoms with van der Waals surface area (Å²) in [7, 11) is 1.63. The molecule has 0 unspecified atom stereocenters. The van der Waals surface area contributed by atoms with E-state index in [1.165, 1.54) is 12.1 Å². The Morgan fingerprint density at radius 1 is 0.912 bits per heavy atom. The molecule has 1 heterocycles. The van der Waals surface area contributed by atoms with Gasteiger partial charge in [-0.05, 0) is 66.6 Å². The van der Waals surface area contributed by atoms with E-state index in [2.05, 4.69) is 10.2 Å². The minimum atomic E-state index is -0.304. The maximum Gasteiger partial charge on any atom is 0.291 e. The highest BCUT2D eigenvalue weighted by Crippen LogP contribution is 2.19. The molecule has 0 radical (unpaired) electrons. The molecular formula is C28H27FN2O3. The van der Waals surface area contributed by atoms with Crippen LogP contribution in [-0.2, 0) is 19.6 Å². The minimum Gasteiger partial charge on any atom is -0.497 e. The Balaban J connectivity index is 1.48. The molecule has 4 aromatic rings. The van der Waals surface area contributed by atoms with Crippen LogP contribution in [0.15, 0.2) is 89.3 Å². The van der Waals surface area contributed by atoms with Crippen LogP contribution in [0.3, 0.4) is 0 Å². The lowest BCUT2D eigenvalue weighted by Crippen LogP contribution is -2.22. The molecule has 3 aromatic carbocycles. The van der Waals surface area contributed by atoms with Crippen molar-refractivity contribution in [2.45, 2.75) is 26.6 Å². The molecule has 0 aliphatic carbocycles. The number of nitrogens with zero attached hydrogens (tertiary/aromatic N) is 1. The zero-order valence-corrected chi connectivity index (χ0v) is 19.3. The molecule has 0 aliphatic heterocycles. The van der Waals surface area contributed by atoms with Gasteiger partial charge in [-0.2, -0.15) is 0 Å². The van der Waals surface area contributed by atoms with Crippen LogP contribution in [0.1, 0.15) is 33.0 Å². The topological polar surface area (TPSA) is 54.7 Å². The Morgan fingerprint density at radius 3 is 2.35 bits per heavy atom. The second kappa shape index (κ2) is 10.8. The van der Waals surface area contributed by atoms with Gasteiger partial charge in [0.05, 0.1) is 13.7 Å². The summed E-state index contributed by atoms with van der Waals surface area (Å²) >= 11 is 0. The average molecular weight is 459 g/mol. The summed E-state index contributed by atoms with van der Waals surface area (Å²) in [5, 5.41) is 2.85. The monoisotopic (exact) mass is 458 g/mol. The zero-order chi connectivity index (χ0) is 23.9. The summed E-state index contributed by atoms with van der Waals surface area (Å²) in [6, 6.07) is 25.4. The Bertz CT molecular complexity index is 1230. The van der Waals surface area contributed by atoms with Crippen molar-refractivity contribution in [3.8, 4) is 5.75 Å². The van der Waals surface area contributed by atoms with Gasteiger partial charge in [-0.1, -0.05) is 42.0 Å². The fraction of sp³-hybridized carbons (Fsp3) is 0.179. The van der Waals surface area contributed by atoms with Gasteiger partial charge in [-0.25, -0.2) is 4.39 Å². The average Bonchev–Trinajstić information content (AvgIpc) is 3.30. The number of anilines is 1. The minimum absolute atomic E-state index is 0.241. The zero-order valence-electron chi connectivity index (χ0n) is 19.3. The first-order chi connectivity index (χ1) is 16.5. The number of carbonyl (C=O) groups is 1. The second-order valence-corrected chi connectivity index (χ2v) is 8.21. The van der Waals surface area contributed by atoms with Crippen LogP contribution in [0.25, 0.3) is 0 Å². The van der Waals surface area contributed by atoms with Gasteiger partial charge >= 0.3 is 0 Å². The molecule has 6 heteroatoms. The molecule has 1 amide bonds. The summed E-state index contributed by atoms with van der Waals surface area (Å²) < 4.78 is 24.9. The first-order valence-corrected chi connectivity index (χ1v) is 11.0. The number of carbonyl (C=O) groups excluding carboxylic acids is 1. The van der Waals surface area contributed by atoms with Gasteiger partial charge in [0, 0.05) is 18.8 Å². The van der Waals surface area contributed by atoms with Gasteiger partial charge < -0.3 is 14.5 Å². The molecule has 0 saturated heterocycles. The molecule has 0 aliphatic rings. The summed E-state index contributed by atoms with van der Waals surface area (Å²) in [4.78, 5) is 14.7. The molecule has 0 atom stereocenters. The molecule has 1 aromatic heterocycles. The smallest absolute Gasteiger partial charge is 0.291 e. The number of methoxy groups -OCH3 is 1. The van der Waals surface area contributed by atoms with Crippen LogP contribution in [-0.4, -0.2) is 17.9 Å². The van der Waals surface area contributed by atoms with E-state index < -0.39 is 0 Å². The van der Waals surface area contributed by atoms with Gasteiger partial charge in [-0.3, -0.25) is 9.69 Å². The lowest BCUT2D eigenvalue weighted by atomic mass is 10.1. The van der Waals surface area contributed by atoms with Crippen LogP contribution in [0.5, 0.6) is 5.75 Å². The highest BCUT2D eigenvalue weighted by molar-refractivity contribution is 6.02. The molecule has 0 saturated carbocycles. The van der Waals surface area contributed by atoms with Gasteiger partial charge in [0.1, 0.15) is 17.3 Å². The van der Waals surface area contributed by atoms with Crippen molar-refractivity contribution in [2.75, 3.05) is 12.4 Å². The molecule has 174 valence electrons. The Hall–Kier alpha value is -3.90. The highest BCUT2D eigenvalue weighted by atomic mass is 19.1. The number of hydrogen-bond acceptors (Lipinski definition) is 4. The summed E-state index contributed by atoms with van der Waals surface area (Å²) in [6.45, 7) is 3.59. The number of hydrogen-bond donors (Lipinski definition) is 1. The van der Waals surface area contributed by atoms with Crippen LogP contribution in [0, 0.1) is 12.7 Å². The third kappa shape index (κ3) is 6.33. The molecule has 34 heavy (non-hydrogen) atoms. The number of ether oxygens (including phenoxy) is 1. The van der Waals surface area contributed by atoms with Gasteiger partial charge in [0.25, 0.3) is 5.91 Å². The van der Waals surface area contributed by atoms with Gasteiger partial charge in [-0.15, -0.1) is 0 Å². The van der Waals surface area contributed by atoms with Crippen molar-refractivity contribution in [3.05, 3.63) is 119 Å². The quantitative estimate of drug-likeness (QED) is 0.325. The van der Waals surface area contributed by atoms with Crippen LogP contribution in [0.4, 0.5) is 10.1 Å². The van der Waals surface area contributed by atoms with E-state index in [0.29, 0.717) is 31.1 Å². The molecule has 0 bridgehead atoms. The van der Waals surface area contributed by atoms with E-state index in [9.17, 15) is 9.18 Å². The molecule has 0 spiro atoms. The lowest BCUT2D eigenvalue weighted by Gasteiger charge is -2.22. The number of nitrogens with one attached hydrogen (secondary N) is 1. The van der Waals surface area contributed by atoms with E-state index >= 15 is 0 Å². The third-order valence-corrected chi connectivity index (χ3v) is 5.43. The Labute approximate surface area is 198 Å². The number of benzene rings is 3. The SMILES string of the molecule is COc1ccc(CN(Cc2cccc(F)c2)Cc2ccc(C(=O)Nc3ccc(C)cc3)o2)cc1.